The van der Waals surface area contributed by atoms with E-state index in [0.717, 1.165) is 25.8 Å². The fourth-order valence-electron chi connectivity index (χ4n) is 2.36. The van der Waals surface area contributed by atoms with Gasteiger partial charge in [-0.05, 0) is 91.5 Å². The minimum atomic E-state index is -0.256. The molecule has 0 aliphatic carbocycles. The van der Waals surface area contributed by atoms with Crippen molar-refractivity contribution in [3.05, 3.63) is 91.6 Å². The fraction of sp³-hybridized carbons (Fsp3) is 0.100. The molecule has 0 fully saturated rings. The number of halogens is 4. The summed E-state index contributed by atoms with van der Waals surface area (Å²) in [6, 6.07) is 17.9. The predicted molar refractivity (Wildman–Crippen MR) is 111 cm³/mol. The van der Waals surface area contributed by atoms with E-state index < -0.39 is 0 Å². The van der Waals surface area contributed by atoms with Gasteiger partial charge in [-0.1, -0.05) is 23.7 Å². The van der Waals surface area contributed by atoms with Gasteiger partial charge in [0, 0.05) is 17.3 Å². The van der Waals surface area contributed by atoms with E-state index in [0.29, 0.717) is 23.9 Å². The summed E-state index contributed by atoms with van der Waals surface area (Å²) in [5.41, 5.74) is 2.99. The van der Waals surface area contributed by atoms with Gasteiger partial charge in [0.15, 0.2) is 0 Å². The molecule has 134 valence electrons. The standard InChI is InChI=1S/C20H15Br2ClFNO/c21-18-9-14(11-25-17-7-3-15(23)4-8-17)10-19(22)20(18)26-12-13-1-5-16(24)6-2-13/h1-10,25H,11-12H2. The van der Waals surface area contributed by atoms with Gasteiger partial charge in [0.25, 0.3) is 0 Å². The molecular formula is C20H15Br2ClFNO. The highest BCUT2D eigenvalue weighted by Gasteiger charge is 2.10. The van der Waals surface area contributed by atoms with Crippen LogP contribution in [0, 0.1) is 5.82 Å². The first-order chi connectivity index (χ1) is 12.5. The second kappa shape index (κ2) is 8.89. The Hall–Kier alpha value is -1.56. The van der Waals surface area contributed by atoms with Crippen molar-refractivity contribution in [2.75, 3.05) is 5.32 Å². The summed E-state index contributed by atoms with van der Waals surface area (Å²) in [5, 5.41) is 4.06. The van der Waals surface area contributed by atoms with Crippen molar-refractivity contribution < 1.29 is 9.13 Å². The molecule has 3 aromatic rings. The smallest absolute Gasteiger partial charge is 0.148 e. The Morgan fingerprint density at radius 2 is 1.50 bits per heavy atom. The van der Waals surface area contributed by atoms with Crippen LogP contribution in [-0.4, -0.2) is 0 Å². The molecule has 26 heavy (non-hydrogen) atoms. The lowest BCUT2D eigenvalue weighted by molar-refractivity contribution is 0.302. The highest BCUT2D eigenvalue weighted by Crippen LogP contribution is 2.35. The Labute approximate surface area is 173 Å². The fourth-order valence-corrected chi connectivity index (χ4v) is 4.00. The van der Waals surface area contributed by atoms with Crippen LogP contribution in [0.25, 0.3) is 0 Å². The van der Waals surface area contributed by atoms with Crippen molar-refractivity contribution >= 4 is 49.1 Å². The van der Waals surface area contributed by atoms with Crippen molar-refractivity contribution in [1.82, 2.24) is 0 Å². The van der Waals surface area contributed by atoms with Crippen molar-refractivity contribution in [3.8, 4) is 5.75 Å². The zero-order chi connectivity index (χ0) is 18.5. The molecule has 0 atom stereocenters. The van der Waals surface area contributed by atoms with Gasteiger partial charge in [-0.25, -0.2) is 4.39 Å². The lowest BCUT2D eigenvalue weighted by atomic mass is 10.2. The molecule has 1 N–H and O–H groups in total. The molecule has 0 aliphatic heterocycles. The van der Waals surface area contributed by atoms with E-state index >= 15 is 0 Å². The molecule has 0 saturated carbocycles. The third-order valence-electron chi connectivity index (χ3n) is 3.70. The topological polar surface area (TPSA) is 21.3 Å². The largest absolute Gasteiger partial charge is 0.487 e. The third kappa shape index (κ3) is 5.22. The highest BCUT2D eigenvalue weighted by molar-refractivity contribution is 9.11. The molecule has 0 spiro atoms. The molecule has 0 bridgehead atoms. The summed E-state index contributed by atoms with van der Waals surface area (Å²) in [6.07, 6.45) is 0. The third-order valence-corrected chi connectivity index (χ3v) is 5.13. The van der Waals surface area contributed by atoms with Crippen LogP contribution in [0.5, 0.6) is 5.75 Å². The van der Waals surface area contributed by atoms with Crippen molar-refractivity contribution in [2.24, 2.45) is 0 Å². The monoisotopic (exact) mass is 497 g/mol. The Morgan fingerprint density at radius 3 is 2.12 bits per heavy atom. The molecule has 3 aromatic carbocycles. The Balaban J connectivity index is 1.65. The molecule has 0 aromatic heterocycles. The highest BCUT2D eigenvalue weighted by atomic mass is 79.9. The van der Waals surface area contributed by atoms with Gasteiger partial charge in [-0.3, -0.25) is 0 Å². The summed E-state index contributed by atoms with van der Waals surface area (Å²) in [7, 11) is 0. The van der Waals surface area contributed by atoms with E-state index in [1.54, 1.807) is 12.1 Å². The van der Waals surface area contributed by atoms with Gasteiger partial charge in [-0.15, -0.1) is 0 Å². The number of ether oxygens (including phenoxy) is 1. The second-order valence-electron chi connectivity index (χ2n) is 5.66. The molecule has 0 heterocycles. The van der Waals surface area contributed by atoms with Crippen molar-refractivity contribution in [1.29, 1.82) is 0 Å². The van der Waals surface area contributed by atoms with E-state index in [1.807, 2.05) is 36.4 Å². The van der Waals surface area contributed by atoms with Gasteiger partial charge >= 0.3 is 0 Å². The van der Waals surface area contributed by atoms with Gasteiger partial charge in [0.1, 0.15) is 18.2 Å². The first-order valence-electron chi connectivity index (χ1n) is 7.86. The average molecular weight is 500 g/mol. The Bertz CT molecular complexity index is 862. The number of rotatable bonds is 6. The lowest BCUT2D eigenvalue weighted by Crippen LogP contribution is -2.01. The maximum absolute atomic E-state index is 13.0. The molecule has 3 rings (SSSR count). The molecule has 0 unspecified atom stereocenters. The van der Waals surface area contributed by atoms with Crippen LogP contribution in [0.2, 0.25) is 5.02 Å². The lowest BCUT2D eigenvalue weighted by Gasteiger charge is -2.13. The summed E-state index contributed by atoms with van der Waals surface area (Å²) in [4.78, 5) is 0. The van der Waals surface area contributed by atoms with E-state index in [9.17, 15) is 4.39 Å². The maximum atomic E-state index is 13.0. The van der Waals surface area contributed by atoms with Gasteiger partial charge < -0.3 is 10.1 Å². The second-order valence-corrected chi connectivity index (χ2v) is 7.81. The number of benzene rings is 3. The Kier molecular flexibility index (Phi) is 6.57. The van der Waals surface area contributed by atoms with Crippen LogP contribution in [-0.2, 0) is 13.2 Å². The van der Waals surface area contributed by atoms with Gasteiger partial charge in [-0.2, -0.15) is 0 Å². The van der Waals surface area contributed by atoms with Crippen LogP contribution >= 0.6 is 43.5 Å². The van der Waals surface area contributed by atoms with E-state index in [2.05, 4.69) is 37.2 Å². The molecule has 0 amide bonds. The summed E-state index contributed by atoms with van der Waals surface area (Å²) >= 11 is 13.0. The SMILES string of the molecule is Fc1ccc(COc2c(Br)cc(CNc3ccc(Cl)cc3)cc2Br)cc1. The number of nitrogens with one attached hydrogen (secondary N) is 1. The van der Waals surface area contributed by atoms with E-state index in [4.69, 9.17) is 16.3 Å². The predicted octanol–water partition coefficient (Wildman–Crippen LogP) is 7.20. The number of anilines is 1. The molecule has 2 nitrogen and oxygen atoms in total. The van der Waals surface area contributed by atoms with Crippen molar-refractivity contribution in [2.45, 2.75) is 13.2 Å². The van der Waals surface area contributed by atoms with Gasteiger partial charge in [0.2, 0.25) is 0 Å². The van der Waals surface area contributed by atoms with E-state index in [-0.39, 0.29) is 5.82 Å². The minimum Gasteiger partial charge on any atom is -0.487 e. The summed E-state index contributed by atoms with van der Waals surface area (Å²) in [5.74, 6) is 0.457. The van der Waals surface area contributed by atoms with Crippen LogP contribution in [0.1, 0.15) is 11.1 Å². The van der Waals surface area contributed by atoms with Crippen LogP contribution in [0.3, 0.4) is 0 Å². The zero-order valence-corrected chi connectivity index (χ0v) is 17.5. The van der Waals surface area contributed by atoms with Crippen LogP contribution in [0.15, 0.2) is 69.6 Å². The summed E-state index contributed by atoms with van der Waals surface area (Å²) in [6.45, 7) is 1.02. The van der Waals surface area contributed by atoms with Crippen LogP contribution in [0.4, 0.5) is 10.1 Å². The normalized spacial score (nSPS) is 10.6. The number of hydrogen-bond donors (Lipinski definition) is 1. The quantitative estimate of drug-likeness (QED) is 0.387. The molecule has 0 radical (unpaired) electrons. The Morgan fingerprint density at radius 1 is 0.885 bits per heavy atom. The first kappa shape index (κ1) is 19.2. The molecule has 6 heteroatoms. The molecule has 0 saturated heterocycles. The average Bonchev–Trinajstić information content (AvgIpc) is 2.62. The van der Waals surface area contributed by atoms with Crippen molar-refractivity contribution in [3.63, 3.8) is 0 Å². The zero-order valence-electron chi connectivity index (χ0n) is 13.6. The molecule has 0 aliphatic rings. The van der Waals surface area contributed by atoms with E-state index in [1.165, 1.54) is 12.1 Å². The first-order valence-corrected chi connectivity index (χ1v) is 9.82. The minimum absolute atomic E-state index is 0.256. The number of hydrogen-bond acceptors (Lipinski definition) is 2. The van der Waals surface area contributed by atoms with Crippen LogP contribution < -0.4 is 10.1 Å². The summed E-state index contributed by atoms with van der Waals surface area (Å²) < 4.78 is 20.5. The van der Waals surface area contributed by atoms with Gasteiger partial charge in [0.05, 0.1) is 8.95 Å². The maximum Gasteiger partial charge on any atom is 0.148 e. The molecular weight excluding hydrogens is 484 g/mol.